The minimum Gasteiger partial charge on any atom is -0.447 e. The third-order valence-electron chi connectivity index (χ3n) is 5.69. The van der Waals surface area contributed by atoms with E-state index in [1.54, 1.807) is 12.4 Å². The quantitative estimate of drug-likeness (QED) is 0.777. The lowest BCUT2D eigenvalue weighted by atomic mass is 9.91. The van der Waals surface area contributed by atoms with Crippen molar-refractivity contribution in [1.82, 2.24) is 15.3 Å². The Hall–Kier alpha value is -2.61. The van der Waals surface area contributed by atoms with Crippen LogP contribution in [0.15, 0.2) is 24.5 Å². The zero-order chi connectivity index (χ0) is 20.9. The largest absolute Gasteiger partial charge is 0.447 e. The van der Waals surface area contributed by atoms with Crippen LogP contribution in [0.25, 0.3) is 11.0 Å². The third-order valence-corrected chi connectivity index (χ3v) is 5.69. The molecule has 2 aromatic rings. The molecular formula is C22H31N5O3. The summed E-state index contributed by atoms with van der Waals surface area (Å²) in [6.45, 7) is 6.98. The molecule has 2 fully saturated rings. The number of nitrogens with one attached hydrogen (secondary N) is 2. The summed E-state index contributed by atoms with van der Waals surface area (Å²) in [5.74, 6) is 0. The van der Waals surface area contributed by atoms with E-state index in [1.807, 2.05) is 13.8 Å². The highest BCUT2D eigenvalue weighted by molar-refractivity contribution is 5.91. The summed E-state index contributed by atoms with van der Waals surface area (Å²) in [5, 5.41) is 6.69. The van der Waals surface area contributed by atoms with Gasteiger partial charge in [-0.05, 0) is 51.7 Å². The lowest BCUT2D eigenvalue weighted by Crippen LogP contribution is -2.41. The van der Waals surface area contributed by atoms with E-state index in [0.29, 0.717) is 6.04 Å². The summed E-state index contributed by atoms with van der Waals surface area (Å²) in [7, 11) is 0. The molecule has 0 spiro atoms. The fourth-order valence-corrected chi connectivity index (χ4v) is 4.19. The van der Waals surface area contributed by atoms with Gasteiger partial charge in [-0.25, -0.2) is 4.79 Å². The average Bonchev–Trinajstić information content (AvgIpc) is 2.75. The molecule has 2 heterocycles. The molecule has 0 bridgehead atoms. The second kappa shape index (κ2) is 9.47. The Morgan fingerprint density at radius 1 is 1.10 bits per heavy atom. The van der Waals surface area contributed by atoms with E-state index in [9.17, 15) is 4.79 Å². The predicted octanol–water partition coefficient (Wildman–Crippen LogP) is 3.32. The molecule has 162 valence electrons. The Morgan fingerprint density at radius 3 is 2.53 bits per heavy atom. The molecule has 1 aliphatic carbocycles. The van der Waals surface area contributed by atoms with Gasteiger partial charge in [0.15, 0.2) is 0 Å². The Kier molecular flexibility index (Phi) is 6.52. The molecule has 1 aromatic heterocycles. The Bertz CT molecular complexity index is 861. The van der Waals surface area contributed by atoms with Crippen molar-refractivity contribution in [2.24, 2.45) is 0 Å². The number of fused-ring (bicyclic) bond motifs is 1. The number of alkyl carbamates (subject to hydrolysis) is 1. The number of carbonyl (C=O) groups is 1. The van der Waals surface area contributed by atoms with Gasteiger partial charge >= 0.3 is 6.09 Å². The minimum absolute atomic E-state index is 0.101. The Labute approximate surface area is 177 Å². The number of anilines is 2. The Morgan fingerprint density at radius 2 is 1.80 bits per heavy atom. The first kappa shape index (κ1) is 20.7. The van der Waals surface area contributed by atoms with E-state index in [-0.39, 0.29) is 18.2 Å². The van der Waals surface area contributed by atoms with Crippen LogP contribution in [-0.4, -0.2) is 60.6 Å². The number of morpholine rings is 1. The first-order chi connectivity index (χ1) is 14.6. The van der Waals surface area contributed by atoms with Crippen molar-refractivity contribution in [3.63, 3.8) is 0 Å². The minimum atomic E-state index is -0.319. The number of carbonyl (C=O) groups excluding carboxylic acids is 1. The molecule has 8 nitrogen and oxygen atoms in total. The first-order valence-electron chi connectivity index (χ1n) is 10.9. The van der Waals surface area contributed by atoms with Crippen molar-refractivity contribution in [3.8, 4) is 0 Å². The molecule has 1 aliphatic heterocycles. The van der Waals surface area contributed by atoms with Crippen LogP contribution in [0.2, 0.25) is 0 Å². The summed E-state index contributed by atoms with van der Waals surface area (Å²) < 4.78 is 10.7. The smallest absolute Gasteiger partial charge is 0.407 e. The van der Waals surface area contributed by atoms with Crippen molar-refractivity contribution in [2.75, 3.05) is 36.5 Å². The van der Waals surface area contributed by atoms with Crippen molar-refractivity contribution in [2.45, 2.75) is 57.7 Å². The van der Waals surface area contributed by atoms with Gasteiger partial charge in [0.05, 0.1) is 30.5 Å². The number of hydrogen-bond acceptors (Lipinski definition) is 7. The standard InChI is InChI=1S/C22H31N5O3/c1-15(2)30-22(28)26-17-5-3-16(4-6-17)25-20-14-18(27-9-11-29-12-10-27)13-19-21(20)24-8-7-23-19/h7-8,13-17,25H,3-6,9-12H2,1-2H3,(H,26,28). The van der Waals surface area contributed by atoms with Gasteiger partial charge < -0.3 is 25.0 Å². The maximum atomic E-state index is 11.9. The lowest BCUT2D eigenvalue weighted by molar-refractivity contribution is 0.110. The first-order valence-corrected chi connectivity index (χ1v) is 10.9. The second-order valence-corrected chi connectivity index (χ2v) is 8.31. The summed E-state index contributed by atoms with van der Waals surface area (Å²) in [6, 6.07) is 4.81. The summed E-state index contributed by atoms with van der Waals surface area (Å²) >= 11 is 0. The van der Waals surface area contributed by atoms with Gasteiger partial charge in [0.2, 0.25) is 0 Å². The number of rotatable bonds is 5. The number of aromatic nitrogens is 2. The van der Waals surface area contributed by atoms with Gasteiger partial charge in [-0.2, -0.15) is 0 Å². The van der Waals surface area contributed by atoms with Crippen LogP contribution in [0.3, 0.4) is 0 Å². The van der Waals surface area contributed by atoms with Crippen LogP contribution < -0.4 is 15.5 Å². The van der Waals surface area contributed by atoms with E-state index >= 15 is 0 Å². The summed E-state index contributed by atoms with van der Waals surface area (Å²) in [5.41, 5.74) is 3.98. The van der Waals surface area contributed by atoms with E-state index in [0.717, 1.165) is 74.4 Å². The maximum absolute atomic E-state index is 11.9. The molecule has 4 rings (SSSR count). The number of amides is 1. The van der Waals surface area contributed by atoms with Crippen LogP contribution in [0, 0.1) is 0 Å². The number of ether oxygens (including phenoxy) is 2. The zero-order valence-corrected chi connectivity index (χ0v) is 17.8. The molecule has 2 aliphatic rings. The van der Waals surface area contributed by atoms with Gasteiger partial charge in [-0.3, -0.25) is 9.97 Å². The zero-order valence-electron chi connectivity index (χ0n) is 17.8. The normalized spacial score (nSPS) is 22.2. The van der Waals surface area contributed by atoms with Crippen molar-refractivity contribution in [3.05, 3.63) is 24.5 Å². The summed E-state index contributed by atoms with van der Waals surface area (Å²) in [4.78, 5) is 23.3. The Balaban J connectivity index is 1.43. The van der Waals surface area contributed by atoms with Crippen LogP contribution in [-0.2, 0) is 9.47 Å². The molecule has 0 unspecified atom stereocenters. The van der Waals surface area contributed by atoms with Crippen LogP contribution in [0.1, 0.15) is 39.5 Å². The second-order valence-electron chi connectivity index (χ2n) is 8.31. The monoisotopic (exact) mass is 413 g/mol. The number of nitrogens with zero attached hydrogens (tertiary/aromatic N) is 3. The van der Waals surface area contributed by atoms with Crippen molar-refractivity contribution in [1.29, 1.82) is 0 Å². The van der Waals surface area contributed by atoms with E-state index in [2.05, 4.69) is 37.6 Å². The molecule has 1 aromatic carbocycles. The van der Waals surface area contributed by atoms with E-state index in [4.69, 9.17) is 9.47 Å². The lowest BCUT2D eigenvalue weighted by Gasteiger charge is -2.32. The fourth-order valence-electron chi connectivity index (χ4n) is 4.19. The maximum Gasteiger partial charge on any atom is 0.407 e. The highest BCUT2D eigenvalue weighted by Crippen LogP contribution is 2.31. The molecule has 30 heavy (non-hydrogen) atoms. The topological polar surface area (TPSA) is 88.6 Å². The molecule has 1 saturated heterocycles. The highest BCUT2D eigenvalue weighted by atomic mass is 16.6. The molecule has 8 heteroatoms. The van der Waals surface area contributed by atoms with Crippen LogP contribution in [0.5, 0.6) is 0 Å². The predicted molar refractivity (Wildman–Crippen MR) is 117 cm³/mol. The van der Waals surface area contributed by atoms with Gasteiger partial charge in [-0.1, -0.05) is 0 Å². The third kappa shape index (κ3) is 5.11. The van der Waals surface area contributed by atoms with Crippen LogP contribution >= 0.6 is 0 Å². The van der Waals surface area contributed by atoms with Crippen molar-refractivity contribution >= 4 is 28.5 Å². The van der Waals surface area contributed by atoms with Gasteiger partial charge in [0.25, 0.3) is 0 Å². The van der Waals surface area contributed by atoms with Gasteiger partial charge in [0, 0.05) is 43.3 Å². The van der Waals surface area contributed by atoms with Crippen molar-refractivity contribution < 1.29 is 14.3 Å². The molecule has 1 amide bonds. The van der Waals surface area contributed by atoms with Gasteiger partial charge in [0.1, 0.15) is 5.52 Å². The highest BCUT2D eigenvalue weighted by Gasteiger charge is 2.24. The number of hydrogen-bond donors (Lipinski definition) is 2. The summed E-state index contributed by atoms with van der Waals surface area (Å²) in [6.07, 6.45) is 6.88. The molecule has 1 saturated carbocycles. The SMILES string of the molecule is CC(C)OC(=O)NC1CCC(Nc2cc(N3CCOCC3)cc3nccnc23)CC1. The molecule has 0 radical (unpaired) electrons. The molecule has 2 N–H and O–H groups in total. The number of benzene rings is 1. The molecular weight excluding hydrogens is 382 g/mol. The molecule has 0 atom stereocenters. The average molecular weight is 414 g/mol. The van der Waals surface area contributed by atoms with E-state index < -0.39 is 0 Å². The van der Waals surface area contributed by atoms with E-state index in [1.165, 1.54) is 0 Å². The fraction of sp³-hybridized carbons (Fsp3) is 0.591. The van der Waals surface area contributed by atoms with Gasteiger partial charge in [-0.15, -0.1) is 0 Å². The van der Waals surface area contributed by atoms with Crippen LogP contribution in [0.4, 0.5) is 16.2 Å².